The van der Waals surface area contributed by atoms with Gasteiger partial charge in [0.05, 0.1) is 11.6 Å². The number of aliphatic imine (C=N–C) groups is 1. The van der Waals surface area contributed by atoms with Crippen LogP contribution in [0.3, 0.4) is 0 Å². The smallest absolute Gasteiger partial charge is 0.363 e. The van der Waals surface area contributed by atoms with Crippen LogP contribution in [0.1, 0.15) is 29.2 Å². The molecule has 4 rings (SSSR count). The van der Waals surface area contributed by atoms with Crippen LogP contribution in [-0.2, 0) is 16.1 Å². The summed E-state index contributed by atoms with van der Waals surface area (Å²) in [6.07, 6.45) is 1.61. The van der Waals surface area contributed by atoms with Crippen molar-refractivity contribution in [3.63, 3.8) is 0 Å². The highest BCUT2D eigenvalue weighted by atomic mass is 35.5. The molecule has 33 heavy (non-hydrogen) atoms. The van der Waals surface area contributed by atoms with E-state index in [9.17, 15) is 4.79 Å². The van der Waals surface area contributed by atoms with Crippen LogP contribution in [0.4, 0.5) is 0 Å². The van der Waals surface area contributed by atoms with Gasteiger partial charge < -0.3 is 14.2 Å². The van der Waals surface area contributed by atoms with Crippen molar-refractivity contribution < 1.29 is 19.0 Å². The Morgan fingerprint density at radius 1 is 1.00 bits per heavy atom. The second-order valence-electron chi connectivity index (χ2n) is 7.38. The Labute approximate surface area is 202 Å². The molecule has 7 heteroatoms. The number of hydrogen-bond acceptors (Lipinski definition) is 5. The Hall–Kier alpha value is -3.28. The lowest BCUT2D eigenvalue weighted by Gasteiger charge is -2.14. The lowest BCUT2D eigenvalue weighted by molar-refractivity contribution is -0.129. The Morgan fingerprint density at radius 2 is 1.73 bits per heavy atom. The van der Waals surface area contributed by atoms with Gasteiger partial charge in [-0.25, -0.2) is 9.79 Å². The lowest BCUT2D eigenvalue weighted by Crippen LogP contribution is -2.05. The van der Waals surface area contributed by atoms with Crippen LogP contribution in [0.2, 0.25) is 10.0 Å². The first-order chi connectivity index (χ1) is 15.9. The molecule has 0 aliphatic carbocycles. The van der Waals surface area contributed by atoms with Gasteiger partial charge in [0.1, 0.15) is 6.61 Å². The normalized spacial score (nSPS) is 14.2. The van der Waals surface area contributed by atoms with Crippen molar-refractivity contribution in [1.29, 1.82) is 0 Å². The van der Waals surface area contributed by atoms with Gasteiger partial charge in [0.25, 0.3) is 0 Å². The largest absolute Gasteiger partial charge is 0.490 e. The fraction of sp³-hybridized carbons (Fsp3) is 0.154. The summed E-state index contributed by atoms with van der Waals surface area (Å²) >= 11 is 12.5. The molecule has 3 aromatic rings. The summed E-state index contributed by atoms with van der Waals surface area (Å²) in [5, 5.41) is 1.01. The third-order valence-electron chi connectivity index (χ3n) is 4.85. The third-order valence-corrected chi connectivity index (χ3v) is 5.38. The molecule has 0 amide bonds. The van der Waals surface area contributed by atoms with Crippen molar-refractivity contribution in [1.82, 2.24) is 0 Å². The zero-order valence-electron chi connectivity index (χ0n) is 18.1. The quantitative estimate of drug-likeness (QED) is 0.280. The summed E-state index contributed by atoms with van der Waals surface area (Å²) < 4.78 is 17.0. The third kappa shape index (κ3) is 5.56. The maximum Gasteiger partial charge on any atom is 0.363 e. The summed E-state index contributed by atoms with van der Waals surface area (Å²) in [6.45, 7) is 4.58. The first-order valence-corrected chi connectivity index (χ1v) is 11.1. The van der Waals surface area contributed by atoms with Crippen molar-refractivity contribution in [2.75, 3.05) is 6.61 Å². The van der Waals surface area contributed by atoms with Crippen LogP contribution >= 0.6 is 23.2 Å². The van der Waals surface area contributed by atoms with Gasteiger partial charge in [0, 0.05) is 10.6 Å². The fourth-order valence-electron chi connectivity index (χ4n) is 3.20. The van der Waals surface area contributed by atoms with Gasteiger partial charge in [-0.15, -0.1) is 0 Å². The van der Waals surface area contributed by atoms with Crippen molar-refractivity contribution in [3.05, 3.63) is 98.7 Å². The van der Waals surface area contributed by atoms with Gasteiger partial charge in [-0.2, -0.15) is 0 Å². The molecule has 1 aliphatic rings. The SMILES string of the molecule is CCOc1cc(/C=C2\N=C(c3ccc(C)cc3)OC2=O)cc(Cl)c1OCc1ccc(Cl)cc1. The molecule has 0 atom stereocenters. The van der Waals surface area contributed by atoms with Gasteiger partial charge in [0.2, 0.25) is 5.90 Å². The van der Waals surface area contributed by atoms with E-state index in [2.05, 4.69) is 4.99 Å². The van der Waals surface area contributed by atoms with Crippen LogP contribution < -0.4 is 9.47 Å². The molecule has 0 radical (unpaired) electrons. The first kappa shape index (κ1) is 22.9. The minimum Gasteiger partial charge on any atom is -0.490 e. The average molecular weight is 482 g/mol. The number of carbonyl (C=O) groups is 1. The Bertz CT molecular complexity index is 1230. The Balaban J connectivity index is 1.60. The summed E-state index contributed by atoms with van der Waals surface area (Å²) in [7, 11) is 0. The van der Waals surface area contributed by atoms with E-state index in [4.69, 9.17) is 37.4 Å². The van der Waals surface area contributed by atoms with Crippen LogP contribution in [0, 0.1) is 6.92 Å². The molecule has 0 spiro atoms. The molecule has 0 saturated heterocycles. The maximum absolute atomic E-state index is 12.4. The number of cyclic esters (lactones) is 1. The summed E-state index contributed by atoms with van der Waals surface area (Å²) in [6, 6.07) is 18.4. The lowest BCUT2D eigenvalue weighted by atomic mass is 10.1. The van der Waals surface area contributed by atoms with Crippen LogP contribution in [0.5, 0.6) is 11.5 Å². The number of carbonyl (C=O) groups excluding carboxylic acids is 1. The highest BCUT2D eigenvalue weighted by molar-refractivity contribution is 6.32. The second kappa shape index (κ2) is 10.1. The number of ether oxygens (including phenoxy) is 3. The molecule has 0 bridgehead atoms. The van der Waals surface area contributed by atoms with E-state index in [1.54, 1.807) is 30.3 Å². The van der Waals surface area contributed by atoms with E-state index in [0.29, 0.717) is 40.3 Å². The van der Waals surface area contributed by atoms with E-state index >= 15 is 0 Å². The van der Waals surface area contributed by atoms with Gasteiger partial charge in [-0.3, -0.25) is 0 Å². The van der Waals surface area contributed by atoms with Crippen LogP contribution in [0.25, 0.3) is 6.08 Å². The molecule has 5 nitrogen and oxygen atoms in total. The molecule has 1 aliphatic heterocycles. The number of rotatable bonds is 7. The van der Waals surface area contributed by atoms with E-state index in [1.165, 1.54) is 0 Å². The molecule has 0 unspecified atom stereocenters. The van der Waals surface area contributed by atoms with Crippen LogP contribution in [-0.4, -0.2) is 18.5 Å². The highest BCUT2D eigenvalue weighted by Gasteiger charge is 2.24. The average Bonchev–Trinajstić information content (AvgIpc) is 3.15. The first-order valence-electron chi connectivity index (χ1n) is 10.4. The molecule has 0 N–H and O–H groups in total. The summed E-state index contributed by atoms with van der Waals surface area (Å²) in [5.74, 6) is 0.640. The minimum atomic E-state index is -0.525. The number of esters is 1. The van der Waals surface area contributed by atoms with E-state index in [0.717, 1.165) is 16.7 Å². The fourth-order valence-corrected chi connectivity index (χ4v) is 3.60. The summed E-state index contributed by atoms with van der Waals surface area (Å²) in [5.41, 5.74) is 3.60. The number of nitrogens with zero attached hydrogens (tertiary/aromatic N) is 1. The van der Waals surface area contributed by atoms with Crippen LogP contribution in [0.15, 0.2) is 71.4 Å². The Kier molecular flexibility index (Phi) is 7.02. The molecular weight excluding hydrogens is 461 g/mol. The number of hydrogen-bond donors (Lipinski definition) is 0. The van der Waals surface area contributed by atoms with Gasteiger partial charge in [0.15, 0.2) is 17.2 Å². The predicted octanol–water partition coefficient (Wildman–Crippen LogP) is 6.62. The zero-order chi connectivity index (χ0) is 23.4. The minimum absolute atomic E-state index is 0.180. The number of aryl methyl sites for hydroxylation is 1. The second-order valence-corrected chi connectivity index (χ2v) is 8.22. The molecule has 0 fully saturated rings. The van der Waals surface area contributed by atoms with Crippen molar-refractivity contribution >= 4 is 41.1 Å². The van der Waals surface area contributed by atoms with E-state index < -0.39 is 5.97 Å². The maximum atomic E-state index is 12.4. The zero-order valence-corrected chi connectivity index (χ0v) is 19.6. The van der Waals surface area contributed by atoms with Gasteiger partial charge in [-0.1, -0.05) is 53.0 Å². The topological polar surface area (TPSA) is 57.1 Å². The summed E-state index contributed by atoms with van der Waals surface area (Å²) in [4.78, 5) is 16.7. The molecule has 0 aromatic heterocycles. The van der Waals surface area contributed by atoms with E-state index in [1.807, 2.05) is 50.2 Å². The monoisotopic (exact) mass is 481 g/mol. The van der Waals surface area contributed by atoms with Gasteiger partial charge in [-0.05, 0) is 67.4 Å². The molecule has 0 saturated carbocycles. The van der Waals surface area contributed by atoms with E-state index in [-0.39, 0.29) is 11.6 Å². The van der Waals surface area contributed by atoms with Crippen molar-refractivity contribution in [2.45, 2.75) is 20.5 Å². The molecule has 3 aromatic carbocycles. The standard InChI is InChI=1S/C26H21Cl2NO4/c1-3-31-23-14-18(12-21(28)24(23)32-15-17-6-10-20(27)11-7-17)13-22-26(30)33-25(29-22)19-8-4-16(2)5-9-19/h4-14H,3,15H2,1-2H3/b22-13-. The van der Waals surface area contributed by atoms with Crippen molar-refractivity contribution in [3.8, 4) is 11.5 Å². The van der Waals surface area contributed by atoms with Crippen molar-refractivity contribution in [2.24, 2.45) is 4.99 Å². The molecular formula is C26H21Cl2NO4. The number of benzene rings is 3. The molecule has 1 heterocycles. The Morgan fingerprint density at radius 3 is 2.42 bits per heavy atom. The van der Waals surface area contributed by atoms with Gasteiger partial charge >= 0.3 is 5.97 Å². The molecule has 168 valence electrons. The predicted molar refractivity (Wildman–Crippen MR) is 130 cm³/mol. The highest BCUT2D eigenvalue weighted by Crippen LogP contribution is 2.38. The number of halogens is 2.